The van der Waals surface area contributed by atoms with Gasteiger partial charge in [0.15, 0.2) is 0 Å². The molecule has 25 heavy (non-hydrogen) atoms. The van der Waals surface area contributed by atoms with Crippen LogP contribution < -0.4 is 10.1 Å². The number of anilines is 1. The van der Waals surface area contributed by atoms with Crippen LogP contribution in [0.2, 0.25) is 0 Å². The minimum Gasteiger partial charge on any atom is -0.497 e. The zero-order valence-electron chi connectivity index (χ0n) is 15.0. The molecule has 2 aliphatic heterocycles. The molecule has 2 saturated heterocycles. The Balaban J connectivity index is 1.38. The van der Waals surface area contributed by atoms with Crippen molar-refractivity contribution < 1.29 is 14.3 Å². The van der Waals surface area contributed by atoms with Gasteiger partial charge in [-0.1, -0.05) is 0 Å². The molecule has 1 aliphatic carbocycles. The second-order valence-electron chi connectivity index (χ2n) is 7.39. The molecule has 1 saturated carbocycles. The first-order chi connectivity index (χ1) is 12.2. The number of carbonyl (C=O) groups is 1. The molecule has 4 rings (SSSR count). The third-order valence-corrected chi connectivity index (χ3v) is 5.68. The van der Waals surface area contributed by atoms with Gasteiger partial charge < -0.3 is 19.7 Å². The number of ether oxygens (including phenoxy) is 2. The largest absolute Gasteiger partial charge is 0.497 e. The van der Waals surface area contributed by atoms with Crippen molar-refractivity contribution in [2.45, 2.75) is 31.8 Å². The van der Waals surface area contributed by atoms with Crippen molar-refractivity contribution in [1.82, 2.24) is 9.80 Å². The summed E-state index contributed by atoms with van der Waals surface area (Å²) in [5.41, 5.74) is 1.84. The summed E-state index contributed by atoms with van der Waals surface area (Å²) in [6.07, 6.45) is 2.66. The summed E-state index contributed by atoms with van der Waals surface area (Å²) in [7, 11) is 1.65. The van der Waals surface area contributed by atoms with E-state index in [9.17, 15) is 4.79 Å². The van der Waals surface area contributed by atoms with E-state index in [2.05, 4.69) is 10.2 Å². The molecule has 2 atom stereocenters. The molecule has 3 fully saturated rings. The van der Waals surface area contributed by atoms with Crippen LogP contribution in [0.4, 0.5) is 10.5 Å². The second-order valence-corrected chi connectivity index (χ2v) is 7.39. The van der Waals surface area contributed by atoms with Crippen LogP contribution in [0.5, 0.6) is 5.75 Å². The van der Waals surface area contributed by atoms with Gasteiger partial charge in [-0.3, -0.25) is 4.90 Å². The predicted octanol–water partition coefficient (Wildman–Crippen LogP) is 2.33. The van der Waals surface area contributed by atoms with Crippen LogP contribution in [0.1, 0.15) is 18.4 Å². The molecule has 1 aromatic carbocycles. The van der Waals surface area contributed by atoms with E-state index in [-0.39, 0.29) is 6.03 Å². The highest BCUT2D eigenvalue weighted by Crippen LogP contribution is 2.38. The normalized spacial score (nSPS) is 26.9. The summed E-state index contributed by atoms with van der Waals surface area (Å²) in [5.74, 6) is 1.61. The molecular weight excluding hydrogens is 318 g/mol. The molecule has 1 N–H and O–H groups in total. The van der Waals surface area contributed by atoms with E-state index in [1.807, 2.05) is 30.0 Å². The second kappa shape index (κ2) is 6.84. The monoisotopic (exact) mass is 345 g/mol. The number of amides is 2. The van der Waals surface area contributed by atoms with Crippen LogP contribution in [-0.2, 0) is 4.74 Å². The maximum Gasteiger partial charge on any atom is 0.321 e. The van der Waals surface area contributed by atoms with Crippen LogP contribution in [0.25, 0.3) is 0 Å². The third-order valence-electron chi connectivity index (χ3n) is 5.68. The number of hydrogen-bond acceptors (Lipinski definition) is 4. The van der Waals surface area contributed by atoms with Crippen molar-refractivity contribution in [3.63, 3.8) is 0 Å². The molecule has 0 spiro atoms. The molecule has 0 aromatic heterocycles. The zero-order chi connectivity index (χ0) is 17.4. The number of rotatable bonds is 3. The van der Waals surface area contributed by atoms with Crippen molar-refractivity contribution >= 4 is 11.7 Å². The Morgan fingerprint density at radius 3 is 2.84 bits per heavy atom. The number of nitrogens with one attached hydrogen (secondary N) is 1. The first-order valence-electron chi connectivity index (χ1n) is 9.20. The van der Waals surface area contributed by atoms with Crippen LogP contribution >= 0.6 is 0 Å². The van der Waals surface area contributed by atoms with Crippen LogP contribution in [0.3, 0.4) is 0 Å². The van der Waals surface area contributed by atoms with Gasteiger partial charge in [0.2, 0.25) is 0 Å². The number of morpholine rings is 1. The predicted molar refractivity (Wildman–Crippen MR) is 96.1 cm³/mol. The molecule has 2 heterocycles. The number of fused-ring (bicyclic) bond motifs is 1. The minimum atomic E-state index is -0.0264. The Labute approximate surface area is 149 Å². The van der Waals surface area contributed by atoms with Crippen molar-refractivity contribution in [3.8, 4) is 5.75 Å². The van der Waals surface area contributed by atoms with E-state index in [1.165, 1.54) is 12.8 Å². The smallest absolute Gasteiger partial charge is 0.321 e. The zero-order valence-corrected chi connectivity index (χ0v) is 15.0. The average molecular weight is 345 g/mol. The molecule has 1 aromatic rings. The lowest BCUT2D eigenvalue weighted by Crippen LogP contribution is -2.63. The van der Waals surface area contributed by atoms with Crippen LogP contribution in [0.15, 0.2) is 18.2 Å². The van der Waals surface area contributed by atoms with E-state index in [4.69, 9.17) is 9.47 Å². The summed E-state index contributed by atoms with van der Waals surface area (Å²) in [4.78, 5) is 17.2. The van der Waals surface area contributed by atoms with E-state index < -0.39 is 0 Å². The Morgan fingerprint density at radius 1 is 1.28 bits per heavy atom. The summed E-state index contributed by atoms with van der Waals surface area (Å²) >= 11 is 0. The molecule has 6 heteroatoms. The molecule has 3 aliphatic rings. The lowest BCUT2D eigenvalue weighted by Gasteiger charge is -2.48. The molecule has 2 amide bonds. The van der Waals surface area contributed by atoms with E-state index in [0.717, 1.165) is 55.8 Å². The van der Waals surface area contributed by atoms with Crippen LogP contribution in [-0.4, -0.2) is 67.9 Å². The van der Waals surface area contributed by atoms with Gasteiger partial charge >= 0.3 is 6.03 Å². The SMILES string of the molecule is COc1ccc(NC(=O)N2CCN3[C@@H](COC[C@@H]3C3CC3)C2)c(C)c1. The van der Waals surface area contributed by atoms with Crippen LogP contribution in [0, 0.1) is 12.8 Å². The molecular formula is C19H27N3O3. The maximum atomic E-state index is 12.7. The van der Waals surface area contributed by atoms with Crippen molar-refractivity contribution in [2.75, 3.05) is 45.3 Å². The fourth-order valence-corrected chi connectivity index (χ4v) is 4.04. The number of nitrogens with zero attached hydrogens (tertiary/aromatic N) is 2. The highest BCUT2D eigenvalue weighted by atomic mass is 16.5. The summed E-state index contributed by atoms with van der Waals surface area (Å²) < 4.78 is 11.1. The minimum absolute atomic E-state index is 0.0264. The lowest BCUT2D eigenvalue weighted by atomic mass is 10.0. The van der Waals surface area contributed by atoms with Crippen molar-refractivity contribution in [2.24, 2.45) is 5.92 Å². The molecule has 0 bridgehead atoms. The van der Waals surface area contributed by atoms with Gasteiger partial charge in [0.25, 0.3) is 0 Å². The lowest BCUT2D eigenvalue weighted by molar-refractivity contribution is -0.0796. The number of benzene rings is 1. The first kappa shape index (κ1) is 16.7. The van der Waals surface area contributed by atoms with Gasteiger partial charge in [-0.25, -0.2) is 4.79 Å². The summed E-state index contributed by atoms with van der Waals surface area (Å²) in [6, 6.07) is 6.57. The average Bonchev–Trinajstić information content (AvgIpc) is 3.47. The Bertz CT molecular complexity index is 647. The highest BCUT2D eigenvalue weighted by Gasteiger charge is 2.43. The number of piperazine rings is 1. The van der Waals surface area contributed by atoms with Gasteiger partial charge in [-0.05, 0) is 49.4 Å². The molecule has 136 valence electrons. The van der Waals surface area contributed by atoms with Gasteiger partial charge in [0.1, 0.15) is 5.75 Å². The Kier molecular flexibility index (Phi) is 4.56. The Hall–Kier alpha value is -1.79. The number of methoxy groups -OCH3 is 1. The quantitative estimate of drug-likeness (QED) is 0.914. The van der Waals surface area contributed by atoms with Gasteiger partial charge in [0, 0.05) is 31.4 Å². The van der Waals surface area contributed by atoms with Crippen molar-refractivity contribution in [1.29, 1.82) is 0 Å². The fraction of sp³-hybridized carbons (Fsp3) is 0.632. The number of aryl methyl sites for hydroxylation is 1. The number of carbonyl (C=O) groups excluding carboxylic acids is 1. The first-order valence-corrected chi connectivity index (χ1v) is 9.20. The fourth-order valence-electron chi connectivity index (χ4n) is 4.04. The topological polar surface area (TPSA) is 54.0 Å². The molecule has 0 radical (unpaired) electrons. The summed E-state index contributed by atoms with van der Waals surface area (Å²) in [5, 5.41) is 3.05. The van der Waals surface area contributed by atoms with Gasteiger partial charge in [-0.2, -0.15) is 0 Å². The summed E-state index contributed by atoms with van der Waals surface area (Å²) in [6.45, 7) is 6.04. The van der Waals surface area contributed by atoms with Gasteiger partial charge in [-0.15, -0.1) is 0 Å². The third kappa shape index (κ3) is 3.46. The van der Waals surface area contributed by atoms with Gasteiger partial charge in [0.05, 0.1) is 26.4 Å². The molecule has 6 nitrogen and oxygen atoms in total. The van der Waals surface area contributed by atoms with E-state index >= 15 is 0 Å². The maximum absolute atomic E-state index is 12.7. The standard InChI is InChI=1S/C19H27N3O3/c1-13-9-16(24-2)5-6-17(13)20-19(23)21-7-8-22-15(10-21)11-25-12-18(22)14-3-4-14/h5-6,9,14-15,18H,3-4,7-8,10-12H2,1-2H3,(H,20,23)/t15-,18-/m1/s1. The highest BCUT2D eigenvalue weighted by molar-refractivity contribution is 5.90. The number of hydrogen-bond donors (Lipinski definition) is 1. The van der Waals surface area contributed by atoms with E-state index in [1.54, 1.807) is 7.11 Å². The van der Waals surface area contributed by atoms with E-state index in [0.29, 0.717) is 12.1 Å². The van der Waals surface area contributed by atoms with Crippen molar-refractivity contribution in [3.05, 3.63) is 23.8 Å². The molecule has 0 unspecified atom stereocenters. The number of urea groups is 1. The Morgan fingerprint density at radius 2 is 2.12 bits per heavy atom.